The lowest BCUT2D eigenvalue weighted by molar-refractivity contribution is -0.127. The summed E-state index contributed by atoms with van der Waals surface area (Å²) in [6.07, 6.45) is 6.05. The highest BCUT2D eigenvalue weighted by molar-refractivity contribution is 5.79. The van der Waals surface area contributed by atoms with Gasteiger partial charge in [-0.15, -0.1) is 0 Å². The minimum Gasteiger partial charge on any atom is -0.395 e. The first-order valence-electron chi connectivity index (χ1n) is 9.55. The number of unbranched alkanes of at least 4 members (excludes halogenated alkanes) is 1. The Kier molecular flexibility index (Phi) is 6.43. The zero-order valence-electron chi connectivity index (χ0n) is 14.8. The molecule has 0 radical (unpaired) electrons. The SMILES string of the molecule is O=C(NCCCCN1CCCC1CO)C1CC(c2ccc(F)cc2)C1. The zero-order chi connectivity index (χ0) is 17.6. The van der Waals surface area contributed by atoms with Gasteiger partial charge >= 0.3 is 0 Å². The van der Waals surface area contributed by atoms with Gasteiger partial charge in [0.05, 0.1) is 6.61 Å². The summed E-state index contributed by atoms with van der Waals surface area (Å²) in [7, 11) is 0. The predicted octanol–water partition coefficient (Wildman–Crippen LogP) is 2.67. The Bertz CT molecular complexity index is 557. The minimum absolute atomic E-state index is 0.104. The number of amides is 1. The van der Waals surface area contributed by atoms with E-state index in [1.165, 1.54) is 18.6 Å². The van der Waals surface area contributed by atoms with E-state index in [0.29, 0.717) is 12.0 Å². The second kappa shape index (κ2) is 8.77. The van der Waals surface area contributed by atoms with E-state index >= 15 is 0 Å². The van der Waals surface area contributed by atoms with Crippen molar-refractivity contribution in [3.63, 3.8) is 0 Å². The zero-order valence-corrected chi connectivity index (χ0v) is 14.8. The van der Waals surface area contributed by atoms with Gasteiger partial charge in [0.25, 0.3) is 0 Å². The number of benzene rings is 1. The third-order valence-corrected chi connectivity index (χ3v) is 5.73. The van der Waals surface area contributed by atoms with E-state index in [-0.39, 0.29) is 24.2 Å². The average molecular weight is 348 g/mol. The highest BCUT2D eigenvalue weighted by Crippen LogP contribution is 2.41. The Hall–Kier alpha value is -1.46. The van der Waals surface area contributed by atoms with Crippen LogP contribution in [0.15, 0.2) is 24.3 Å². The molecule has 1 saturated carbocycles. The van der Waals surface area contributed by atoms with Crippen molar-refractivity contribution >= 4 is 5.91 Å². The maximum atomic E-state index is 12.9. The molecule has 3 rings (SSSR count). The first-order chi connectivity index (χ1) is 12.2. The smallest absolute Gasteiger partial charge is 0.223 e. The molecule has 0 aromatic heterocycles. The third-order valence-electron chi connectivity index (χ3n) is 5.73. The molecule has 1 amide bonds. The van der Waals surface area contributed by atoms with Gasteiger partial charge in [-0.25, -0.2) is 4.39 Å². The molecule has 2 N–H and O–H groups in total. The Morgan fingerprint density at radius 3 is 2.72 bits per heavy atom. The summed E-state index contributed by atoms with van der Waals surface area (Å²) in [6, 6.07) is 6.97. The molecule has 4 nitrogen and oxygen atoms in total. The number of halogens is 1. The van der Waals surface area contributed by atoms with Gasteiger partial charge in [-0.05, 0) is 75.2 Å². The number of aliphatic hydroxyl groups is 1. The molecular weight excluding hydrogens is 319 g/mol. The summed E-state index contributed by atoms with van der Waals surface area (Å²) in [5.74, 6) is 0.443. The summed E-state index contributed by atoms with van der Waals surface area (Å²) in [6.45, 7) is 3.09. The largest absolute Gasteiger partial charge is 0.395 e. The van der Waals surface area contributed by atoms with Crippen molar-refractivity contribution < 1.29 is 14.3 Å². The topological polar surface area (TPSA) is 52.6 Å². The maximum absolute atomic E-state index is 12.9. The molecule has 1 aromatic rings. The Morgan fingerprint density at radius 2 is 2.00 bits per heavy atom. The van der Waals surface area contributed by atoms with E-state index in [9.17, 15) is 14.3 Å². The van der Waals surface area contributed by atoms with E-state index in [0.717, 1.165) is 57.3 Å². The van der Waals surface area contributed by atoms with E-state index in [1.54, 1.807) is 0 Å². The van der Waals surface area contributed by atoms with E-state index in [4.69, 9.17) is 0 Å². The van der Waals surface area contributed by atoms with Crippen LogP contribution in [-0.4, -0.2) is 48.2 Å². The van der Waals surface area contributed by atoms with Crippen LogP contribution in [0.2, 0.25) is 0 Å². The molecule has 1 saturated heterocycles. The lowest BCUT2D eigenvalue weighted by Crippen LogP contribution is -2.38. The molecule has 1 unspecified atom stereocenters. The number of nitrogens with one attached hydrogen (secondary N) is 1. The normalized spacial score (nSPS) is 26.4. The molecule has 1 heterocycles. The molecule has 2 aliphatic rings. The second-order valence-electron chi connectivity index (χ2n) is 7.43. The van der Waals surface area contributed by atoms with Crippen LogP contribution in [0.4, 0.5) is 4.39 Å². The van der Waals surface area contributed by atoms with Crippen molar-refractivity contribution in [1.82, 2.24) is 10.2 Å². The molecule has 1 aromatic carbocycles. The number of hydrogen-bond donors (Lipinski definition) is 2. The van der Waals surface area contributed by atoms with Gasteiger partial charge in [0, 0.05) is 18.5 Å². The number of carbonyl (C=O) groups is 1. The first kappa shape index (κ1) is 18.3. The predicted molar refractivity (Wildman–Crippen MR) is 95.8 cm³/mol. The average Bonchev–Trinajstić information content (AvgIpc) is 3.02. The molecule has 0 spiro atoms. The Labute approximate surface area is 149 Å². The maximum Gasteiger partial charge on any atom is 0.223 e. The van der Waals surface area contributed by atoms with Crippen LogP contribution in [0.25, 0.3) is 0 Å². The number of likely N-dealkylation sites (tertiary alicyclic amines) is 1. The minimum atomic E-state index is -0.211. The molecule has 138 valence electrons. The highest BCUT2D eigenvalue weighted by Gasteiger charge is 2.35. The summed E-state index contributed by atoms with van der Waals surface area (Å²) < 4.78 is 12.9. The van der Waals surface area contributed by atoms with Crippen LogP contribution in [0.1, 0.15) is 50.0 Å². The van der Waals surface area contributed by atoms with Gasteiger partial charge in [-0.1, -0.05) is 12.1 Å². The summed E-state index contributed by atoms with van der Waals surface area (Å²) in [4.78, 5) is 14.5. The fraction of sp³-hybridized carbons (Fsp3) is 0.650. The van der Waals surface area contributed by atoms with E-state index < -0.39 is 0 Å². The van der Waals surface area contributed by atoms with E-state index in [1.807, 2.05) is 12.1 Å². The van der Waals surface area contributed by atoms with Crippen LogP contribution in [0.3, 0.4) is 0 Å². The number of aliphatic hydroxyl groups excluding tert-OH is 1. The van der Waals surface area contributed by atoms with Crippen LogP contribution >= 0.6 is 0 Å². The fourth-order valence-electron chi connectivity index (χ4n) is 4.03. The van der Waals surface area contributed by atoms with Gasteiger partial charge in [-0.2, -0.15) is 0 Å². The lowest BCUT2D eigenvalue weighted by atomic mass is 9.71. The molecule has 1 aliphatic carbocycles. The van der Waals surface area contributed by atoms with Crippen molar-refractivity contribution in [2.24, 2.45) is 5.92 Å². The molecular formula is C20H29FN2O2. The number of hydrogen-bond acceptors (Lipinski definition) is 3. The molecule has 2 fully saturated rings. The Balaban J connectivity index is 1.27. The Morgan fingerprint density at radius 1 is 1.24 bits per heavy atom. The van der Waals surface area contributed by atoms with Crippen LogP contribution < -0.4 is 5.32 Å². The van der Waals surface area contributed by atoms with Gasteiger partial charge < -0.3 is 10.4 Å². The van der Waals surface area contributed by atoms with Crippen molar-refractivity contribution in [1.29, 1.82) is 0 Å². The van der Waals surface area contributed by atoms with Crippen LogP contribution in [0, 0.1) is 11.7 Å². The van der Waals surface area contributed by atoms with Crippen molar-refractivity contribution in [3.05, 3.63) is 35.6 Å². The van der Waals surface area contributed by atoms with Gasteiger partial charge in [0.1, 0.15) is 5.82 Å². The molecule has 25 heavy (non-hydrogen) atoms. The quantitative estimate of drug-likeness (QED) is 0.710. The summed E-state index contributed by atoms with van der Waals surface area (Å²) in [5.41, 5.74) is 1.13. The second-order valence-corrected chi connectivity index (χ2v) is 7.43. The molecule has 0 bridgehead atoms. The lowest BCUT2D eigenvalue weighted by Gasteiger charge is -2.34. The third kappa shape index (κ3) is 4.79. The van der Waals surface area contributed by atoms with Gasteiger partial charge in [0.15, 0.2) is 0 Å². The monoisotopic (exact) mass is 348 g/mol. The fourth-order valence-corrected chi connectivity index (χ4v) is 4.03. The molecule has 1 atom stereocenters. The highest BCUT2D eigenvalue weighted by atomic mass is 19.1. The van der Waals surface area contributed by atoms with Crippen LogP contribution in [-0.2, 0) is 4.79 Å². The molecule has 5 heteroatoms. The number of nitrogens with zero attached hydrogens (tertiary/aromatic N) is 1. The van der Waals surface area contributed by atoms with Crippen molar-refractivity contribution in [2.75, 3.05) is 26.2 Å². The van der Waals surface area contributed by atoms with E-state index in [2.05, 4.69) is 10.2 Å². The summed E-state index contributed by atoms with van der Waals surface area (Å²) in [5, 5.41) is 12.4. The number of carbonyl (C=O) groups excluding carboxylic acids is 1. The summed E-state index contributed by atoms with van der Waals surface area (Å²) >= 11 is 0. The first-order valence-corrected chi connectivity index (χ1v) is 9.55. The van der Waals surface area contributed by atoms with Gasteiger partial charge in [0.2, 0.25) is 5.91 Å². The van der Waals surface area contributed by atoms with Gasteiger partial charge in [-0.3, -0.25) is 9.69 Å². The molecule has 1 aliphatic heterocycles. The standard InChI is InChI=1S/C20H29FN2O2/c21-18-7-5-15(6-8-18)16-12-17(13-16)20(25)22-9-1-2-10-23-11-3-4-19(23)14-24/h5-8,16-17,19,24H,1-4,9-14H2,(H,22,25). The van der Waals surface area contributed by atoms with Crippen LogP contribution in [0.5, 0.6) is 0 Å². The van der Waals surface area contributed by atoms with Crippen molar-refractivity contribution in [3.8, 4) is 0 Å². The number of rotatable bonds is 8. The van der Waals surface area contributed by atoms with Crippen molar-refractivity contribution in [2.45, 2.75) is 50.5 Å².